The molecule has 29 heavy (non-hydrogen) atoms. The maximum Gasteiger partial charge on any atom is 0.218 e. The molecule has 0 bridgehead atoms. The van der Waals surface area contributed by atoms with Crippen LogP contribution in [-0.4, -0.2) is 51.0 Å². The molecule has 0 amide bonds. The van der Waals surface area contributed by atoms with Crippen molar-refractivity contribution in [2.24, 2.45) is 4.99 Å². The van der Waals surface area contributed by atoms with Crippen molar-refractivity contribution in [3.05, 3.63) is 53.7 Å². The van der Waals surface area contributed by atoms with Gasteiger partial charge in [0.1, 0.15) is 19.0 Å². The minimum Gasteiger partial charge on any atom is -0.492 e. The number of hydrogen-bond acceptors (Lipinski definition) is 5. The molecule has 2 aromatic rings. The molecule has 2 N–H and O–H groups in total. The van der Waals surface area contributed by atoms with Gasteiger partial charge in [-0.3, -0.25) is 0 Å². The normalized spacial score (nSPS) is 10.8. The Morgan fingerprint density at radius 3 is 2.55 bits per heavy atom. The summed E-state index contributed by atoms with van der Waals surface area (Å²) < 4.78 is 16.4. The first-order chi connectivity index (χ1) is 13.7. The van der Waals surface area contributed by atoms with Crippen LogP contribution in [0.15, 0.2) is 47.6 Å². The summed E-state index contributed by atoms with van der Waals surface area (Å²) in [6.07, 6.45) is 1.71. The highest BCUT2D eigenvalue weighted by Gasteiger charge is 2.05. The van der Waals surface area contributed by atoms with Crippen LogP contribution in [0.5, 0.6) is 11.6 Å². The third kappa shape index (κ3) is 9.80. The maximum absolute atomic E-state index is 5.74. The smallest absolute Gasteiger partial charge is 0.218 e. The fourth-order valence-electron chi connectivity index (χ4n) is 2.37. The van der Waals surface area contributed by atoms with E-state index in [4.69, 9.17) is 14.2 Å². The first-order valence-electron chi connectivity index (χ1n) is 9.50. The van der Waals surface area contributed by atoms with Crippen LogP contribution >= 0.6 is 24.0 Å². The number of guanidine groups is 1. The maximum atomic E-state index is 5.74. The van der Waals surface area contributed by atoms with Gasteiger partial charge in [0.2, 0.25) is 5.88 Å². The number of aromatic nitrogens is 1. The standard InChI is InChI=1S/C21H30N4O3.HI/c1-4-22-21(24-12-13-27-19-9-7-17(2)8-10-19)25-16-18-6-5-11-23-20(18)28-15-14-26-3;/h5-11H,4,12-16H2,1-3H3,(H2,22,24,25);1H. The quantitative estimate of drug-likeness (QED) is 0.208. The van der Waals surface area contributed by atoms with E-state index < -0.39 is 0 Å². The number of rotatable bonds is 11. The van der Waals surface area contributed by atoms with E-state index in [0.29, 0.717) is 38.8 Å². The third-order valence-corrected chi connectivity index (χ3v) is 3.81. The van der Waals surface area contributed by atoms with Gasteiger partial charge in [-0.25, -0.2) is 9.98 Å². The van der Waals surface area contributed by atoms with Crippen LogP contribution in [0.4, 0.5) is 0 Å². The predicted molar refractivity (Wildman–Crippen MR) is 127 cm³/mol. The van der Waals surface area contributed by atoms with Gasteiger partial charge in [-0.15, -0.1) is 24.0 Å². The van der Waals surface area contributed by atoms with Gasteiger partial charge in [-0.1, -0.05) is 23.8 Å². The minimum absolute atomic E-state index is 0. The summed E-state index contributed by atoms with van der Waals surface area (Å²) >= 11 is 0. The second-order valence-corrected chi connectivity index (χ2v) is 6.09. The highest BCUT2D eigenvalue weighted by Crippen LogP contribution is 2.15. The van der Waals surface area contributed by atoms with Crippen molar-refractivity contribution in [1.29, 1.82) is 0 Å². The third-order valence-electron chi connectivity index (χ3n) is 3.81. The Labute approximate surface area is 190 Å². The highest BCUT2D eigenvalue weighted by molar-refractivity contribution is 14.0. The van der Waals surface area contributed by atoms with E-state index >= 15 is 0 Å². The Balaban J connectivity index is 0.00000420. The molecular weight excluding hydrogens is 483 g/mol. The number of benzene rings is 1. The molecule has 160 valence electrons. The average Bonchev–Trinajstić information content (AvgIpc) is 2.71. The lowest BCUT2D eigenvalue weighted by Crippen LogP contribution is -2.39. The Kier molecular flexibility index (Phi) is 12.8. The van der Waals surface area contributed by atoms with Crippen molar-refractivity contribution in [3.63, 3.8) is 0 Å². The zero-order valence-corrected chi connectivity index (χ0v) is 19.6. The molecule has 1 aromatic carbocycles. The van der Waals surface area contributed by atoms with Crippen LogP contribution in [-0.2, 0) is 11.3 Å². The monoisotopic (exact) mass is 514 g/mol. The Bertz CT molecular complexity index is 726. The fourth-order valence-corrected chi connectivity index (χ4v) is 2.37. The lowest BCUT2D eigenvalue weighted by Gasteiger charge is -2.13. The van der Waals surface area contributed by atoms with Gasteiger partial charge >= 0.3 is 0 Å². The van der Waals surface area contributed by atoms with E-state index in [9.17, 15) is 0 Å². The lowest BCUT2D eigenvalue weighted by molar-refractivity contribution is 0.143. The number of ether oxygens (including phenoxy) is 3. The molecule has 0 aliphatic rings. The van der Waals surface area contributed by atoms with E-state index in [1.807, 2.05) is 43.3 Å². The van der Waals surface area contributed by atoms with Crippen LogP contribution in [0.1, 0.15) is 18.1 Å². The lowest BCUT2D eigenvalue weighted by atomic mass is 10.2. The molecule has 0 spiro atoms. The summed E-state index contributed by atoms with van der Waals surface area (Å²) in [5, 5.41) is 6.51. The van der Waals surface area contributed by atoms with Gasteiger partial charge in [0.25, 0.3) is 0 Å². The zero-order valence-electron chi connectivity index (χ0n) is 17.3. The van der Waals surface area contributed by atoms with E-state index in [2.05, 4.69) is 27.5 Å². The summed E-state index contributed by atoms with van der Waals surface area (Å²) in [6.45, 7) is 7.49. The van der Waals surface area contributed by atoms with Gasteiger partial charge < -0.3 is 24.8 Å². The molecule has 0 aliphatic carbocycles. The van der Waals surface area contributed by atoms with E-state index in [1.54, 1.807) is 13.3 Å². The number of aryl methyl sites for hydroxylation is 1. The molecule has 0 aliphatic heterocycles. The van der Waals surface area contributed by atoms with Crippen molar-refractivity contribution in [3.8, 4) is 11.6 Å². The second-order valence-electron chi connectivity index (χ2n) is 6.09. The van der Waals surface area contributed by atoms with Crippen LogP contribution in [0.2, 0.25) is 0 Å². The summed E-state index contributed by atoms with van der Waals surface area (Å²) in [4.78, 5) is 8.90. The van der Waals surface area contributed by atoms with Gasteiger partial charge in [0.05, 0.1) is 19.7 Å². The van der Waals surface area contributed by atoms with Gasteiger partial charge in [-0.2, -0.15) is 0 Å². The van der Waals surface area contributed by atoms with Crippen molar-refractivity contribution in [2.45, 2.75) is 20.4 Å². The van der Waals surface area contributed by atoms with E-state index in [0.717, 1.165) is 23.8 Å². The summed E-state index contributed by atoms with van der Waals surface area (Å²) in [5.74, 6) is 2.17. The largest absolute Gasteiger partial charge is 0.492 e. The number of methoxy groups -OCH3 is 1. The molecule has 0 radical (unpaired) electrons. The topological polar surface area (TPSA) is 77.0 Å². The first kappa shape index (κ1) is 25.0. The zero-order chi connectivity index (χ0) is 20.0. The van der Waals surface area contributed by atoms with Crippen molar-refractivity contribution < 1.29 is 14.2 Å². The first-order valence-corrected chi connectivity index (χ1v) is 9.50. The molecule has 7 nitrogen and oxygen atoms in total. The van der Waals surface area contributed by atoms with Crippen molar-refractivity contribution in [2.75, 3.05) is 40.0 Å². The number of pyridine rings is 1. The summed E-state index contributed by atoms with van der Waals surface area (Å²) in [6, 6.07) is 11.9. The van der Waals surface area contributed by atoms with Crippen molar-refractivity contribution >= 4 is 29.9 Å². The Morgan fingerprint density at radius 1 is 1.03 bits per heavy atom. The molecule has 1 aromatic heterocycles. The van der Waals surface area contributed by atoms with Crippen molar-refractivity contribution in [1.82, 2.24) is 15.6 Å². The molecule has 0 unspecified atom stereocenters. The second kappa shape index (κ2) is 14.9. The fraction of sp³-hybridized carbons (Fsp3) is 0.429. The van der Waals surface area contributed by atoms with E-state index in [1.165, 1.54) is 5.56 Å². The average molecular weight is 514 g/mol. The van der Waals surface area contributed by atoms with Gasteiger partial charge in [0, 0.05) is 25.4 Å². The number of hydrogen-bond donors (Lipinski definition) is 2. The molecule has 0 fully saturated rings. The number of aliphatic imine (C=N–C) groups is 1. The van der Waals surface area contributed by atoms with Crippen LogP contribution in [0.25, 0.3) is 0 Å². The van der Waals surface area contributed by atoms with E-state index in [-0.39, 0.29) is 24.0 Å². The van der Waals surface area contributed by atoms with Crippen LogP contribution in [0.3, 0.4) is 0 Å². The van der Waals surface area contributed by atoms with Gasteiger partial charge in [-0.05, 0) is 32.0 Å². The van der Waals surface area contributed by atoms with Crippen LogP contribution < -0.4 is 20.1 Å². The predicted octanol–water partition coefficient (Wildman–Crippen LogP) is 3.17. The SMILES string of the molecule is CCNC(=NCc1cccnc1OCCOC)NCCOc1ccc(C)cc1.I. The molecule has 0 saturated carbocycles. The summed E-state index contributed by atoms with van der Waals surface area (Å²) in [5.41, 5.74) is 2.14. The summed E-state index contributed by atoms with van der Waals surface area (Å²) in [7, 11) is 1.64. The van der Waals surface area contributed by atoms with Crippen LogP contribution in [0, 0.1) is 6.92 Å². The number of nitrogens with zero attached hydrogens (tertiary/aromatic N) is 2. The molecular formula is C21H31IN4O3. The molecule has 0 atom stereocenters. The Hall–Kier alpha value is -2.07. The number of nitrogens with one attached hydrogen (secondary N) is 2. The molecule has 2 rings (SSSR count). The van der Waals surface area contributed by atoms with Gasteiger partial charge in [0.15, 0.2) is 5.96 Å². The molecule has 8 heteroatoms. The Morgan fingerprint density at radius 2 is 1.83 bits per heavy atom. The highest BCUT2D eigenvalue weighted by atomic mass is 127. The molecule has 0 saturated heterocycles. The minimum atomic E-state index is 0. The molecule has 1 heterocycles. The number of halogens is 1.